The third-order valence-electron chi connectivity index (χ3n) is 1.11. The molecule has 0 spiro atoms. The molecule has 0 rings (SSSR count). The van der Waals surface area contributed by atoms with E-state index in [0.29, 0.717) is 0 Å². The SMILES string of the molecule is B/C(C)=C/C=C(\C=C)S(N)(=O)=O. The van der Waals surface area contributed by atoms with Crippen LogP contribution < -0.4 is 5.14 Å². The van der Waals surface area contributed by atoms with Crippen molar-refractivity contribution in [3.05, 3.63) is 35.2 Å². The zero-order valence-corrected chi connectivity index (χ0v) is 8.06. The molecule has 0 unspecified atom stereocenters. The average molecular weight is 185 g/mol. The Morgan fingerprint density at radius 2 is 2.00 bits per heavy atom. The zero-order valence-electron chi connectivity index (χ0n) is 7.24. The van der Waals surface area contributed by atoms with Crippen molar-refractivity contribution in [2.24, 2.45) is 5.14 Å². The van der Waals surface area contributed by atoms with E-state index in [9.17, 15) is 8.42 Å². The van der Waals surface area contributed by atoms with E-state index in [1.54, 1.807) is 6.08 Å². The van der Waals surface area contributed by atoms with Gasteiger partial charge in [0, 0.05) is 0 Å². The standard InChI is InChI=1S/C7H12BNO2S/c1-3-7(12(9,10)11)5-4-6(2)8/h3-5H,1,8H2,2H3,(H2,9,10,11)/b6-4+,7-5+. The number of sulfonamides is 1. The van der Waals surface area contributed by atoms with Crippen LogP contribution in [0, 0.1) is 0 Å². The van der Waals surface area contributed by atoms with Crippen LogP contribution in [0.3, 0.4) is 0 Å². The normalized spacial score (nSPS) is 14.5. The topological polar surface area (TPSA) is 60.2 Å². The van der Waals surface area contributed by atoms with Gasteiger partial charge in [-0.2, -0.15) is 0 Å². The molecule has 0 amide bonds. The fourth-order valence-electron chi connectivity index (χ4n) is 0.528. The fraction of sp³-hybridized carbons (Fsp3) is 0.143. The van der Waals surface area contributed by atoms with Gasteiger partial charge in [0.25, 0.3) is 0 Å². The van der Waals surface area contributed by atoms with E-state index in [1.165, 1.54) is 12.2 Å². The van der Waals surface area contributed by atoms with Gasteiger partial charge in [0.2, 0.25) is 10.0 Å². The summed E-state index contributed by atoms with van der Waals surface area (Å²) in [6.45, 7) is 5.21. The lowest BCUT2D eigenvalue weighted by molar-refractivity contribution is 0.604. The van der Waals surface area contributed by atoms with Gasteiger partial charge in [0.05, 0.1) is 4.91 Å². The van der Waals surface area contributed by atoms with Gasteiger partial charge >= 0.3 is 0 Å². The van der Waals surface area contributed by atoms with Crippen molar-refractivity contribution >= 4 is 17.9 Å². The zero-order chi connectivity index (χ0) is 9.78. The van der Waals surface area contributed by atoms with Crippen LogP contribution in [0.5, 0.6) is 0 Å². The van der Waals surface area contributed by atoms with E-state index in [4.69, 9.17) is 5.14 Å². The van der Waals surface area contributed by atoms with E-state index in [2.05, 4.69) is 6.58 Å². The second kappa shape index (κ2) is 4.28. The third kappa shape index (κ3) is 4.15. The smallest absolute Gasteiger partial charge is 0.225 e. The Labute approximate surface area is 74.1 Å². The van der Waals surface area contributed by atoms with Gasteiger partial charge in [-0.05, 0) is 12.2 Å². The van der Waals surface area contributed by atoms with E-state index in [-0.39, 0.29) is 4.91 Å². The van der Waals surface area contributed by atoms with Crippen LogP contribution in [-0.4, -0.2) is 16.3 Å². The molecule has 5 heteroatoms. The van der Waals surface area contributed by atoms with Crippen molar-refractivity contribution in [1.82, 2.24) is 0 Å². The molecule has 66 valence electrons. The summed E-state index contributed by atoms with van der Waals surface area (Å²) in [7, 11) is -1.75. The molecule has 0 aliphatic rings. The van der Waals surface area contributed by atoms with Crippen LogP contribution in [-0.2, 0) is 10.0 Å². The molecule has 2 N–H and O–H groups in total. The van der Waals surface area contributed by atoms with Crippen LogP contribution in [0.15, 0.2) is 35.2 Å². The largest absolute Gasteiger partial charge is 0.238 e. The predicted octanol–water partition coefficient (Wildman–Crippen LogP) is -0.118. The van der Waals surface area contributed by atoms with Crippen LogP contribution >= 0.6 is 0 Å². The molecule has 0 fully saturated rings. The lowest BCUT2D eigenvalue weighted by atomic mass is 9.98. The molecule has 0 aromatic heterocycles. The molecule has 12 heavy (non-hydrogen) atoms. The van der Waals surface area contributed by atoms with Crippen molar-refractivity contribution in [2.45, 2.75) is 6.92 Å². The molecule has 0 bridgehead atoms. The maximum atomic E-state index is 10.8. The highest BCUT2D eigenvalue weighted by molar-refractivity contribution is 7.93. The van der Waals surface area contributed by atoms with Gasteiger partial charge in [-0.3, -0.25) is 0 Å². The first-order chi connectivity index (χ1) is 5.38. The van der Waals surface area contributed by atoms with Gasteiger partial charge in [0.15, 0.2) is 0 Å². The molecule has 0 aromatic rings. The van der Waals surface area contributed by atoms with Crippen LogP contribution in [0.2, 0.25) is 0 Å². The number of hydrogen-bond acceptors (Lipinski definition) is 2. The molecule has 0 saturated heterocycles. The molecule has 0 aromatic carbocycles. The second-order valence-electron chi connectivity index (χ2n) is 2.56. The van der Waals surface area contributed by atoms with Gasteiger partial charge in [-0.25, -0.2) is 13.6 Å². The Kier molecular flexibility index (Phi) is 3.99. The summed E-state index contributed by atoms with van der Waals surface area (Å²) >= 11 is 0. The first kappa shape index (κ1) is 11.2. The molecule has 0 heterocycles. The molecule has 3 nitrogen and oxygen atoms in total. The number of rotatable bonds is 3. The van der Waals surface area contributed by atoms with Crippen LogP contribution in [0.4, 0.5) is 0 Å². The lowest BCUT2D eigenvalue weighted by Crippen LogP contribution is -2.12. The molecule has 0 saturated carbocycles. The first-order valence-electron chi connectivity index (χ1n) is 3.38. The average Bonchev–Trinajstić information content (AvgIpc) is 1.85. The van der Waals surface area contributed by atoms with Crippen LogP contribution in [0.1, 0.15) is 6.92 Å². The van der Waals surface area contributed by atoms with Crippen molar-refractivity contribution in [3.8, 4) is 0 Å². The van der Waals surface area contributed by atoms with Gasteiger partial charge in [0.1, 0.15) is 7.85 Å². The van der Waals surface area contributed by atoms with Crippen LogP contribution in [0.25, 0.3) is 0 Å². The van der Waals surface area contributed by atoms with E-state index in [0.717, 1.165) is 5.47 Å². The minimum atomic E-state index is -3.61. The molecule has 0 atom stereocenters. The maximum Gasteiger partial charge on any atom is 0.238 e. The Morgan fingerprint density at radius 1 is 1.50 bits per heavy atom. The molecule has 0 radical (unpaired) electrons. The summed E-state index contributed by atoms with van der Waals surface area (Å²) in [6.07, 6.45) is 4.31. The quantitative estimate of drug-likeness (QED) is 0.492. The minimum Gasteiger partial charge on any atom is -0.225 e. The molecule has 0 aliphatic heterocycles. The van der Waals surface area contributed by atoms with Gasteiger partial charge in [-0.1, -0.05) is 19.6 Å². The Morgan fingerprint density at radius 3 is 2.25 bits per heavy atom. The third-order valence-corrected chi connectivity index (χ3v) is 2.07. The minimum absolute atomic E-state index is 0.0312. The summed E-state index contributed by atoms with van der Waals surface area (Å²) in [5, 5.41) is 4.88. The predicted molar refractivity (Wildman–Crippen MR) is 53.7 cm³/mol. The highest BCUT2D eigenvalue weighted by atomic mass is 32.2. The van der Waals surface area contributed by atoms with Gasteiger partial charge in [-0.15, -0.1) is 5.47 Å². The van der Waals surface area contributed by atoms with Gasteiger partial charge < -0.3 is 0 Å². The Balaban J connectivity index is 4.95. The summed E-state index contributed by atoms with van der Waals surface area (Å²) in [6, 6.07) is 0. The Hall–Kier alpha value is -0.805. The van der Waals surface area contributed by atoms with Crippen molar-refractivity contribution < 1.29 is 8.42 Å². The lowest BCUT2D eigenvalue weighted by Gasteiger charge is -1.95. The highest BCUT2D eigenvalue weighted by Crippen LogP contribution is 2.03. The fourth-order valence-corrected chi connectivity index (χ4v) is 1.02. The van der Waals surface area contributed by atoms with Crippen molar-refractivity contribution in [2.75, 3.05) is 0 Å². The maximum absolute atomic E-state index is 10.8. The first-order valence-corrected chi connectivity index (χ1v) is 4.93. The number of hydrogen-bond donors (Lipinski definition) is 1. The molecule has 0 aliphatic carbocycles. The number of nitrogens with two attached hydrogens (primary N) is 1. The molecular formula is C7H12BNO2S. The summed E-state index contributed by atoms with van der Waals surface area (Å²) in [5.41, 5.74) is 0.998. The van der Waals surface area contributed by atoms with E-state index >= 15 is 0 Å². The Bertz CT molecular complexity index is 323. The monoisotopic (exact) mass is 185 g/mol. The summed E-state index contributed by atoms with van der Waals surface area (Å²) in [5.74, 6) is 0. The van der Waals surface area contributed by atoms with Crippen molar-refractivity contribution in [3.63, 3.8) is 0 Å². The molecular weight excluding hydrogens is 173 g/mol. The van der Waals surface area contributed by atoms with Crippen molar-refractivity contribution in [1.29, 1.82) is 0 Å². The second-order valence-corrected chi connectivity index (χ2v) is 4.12. The summed E-state index contributed by atoms with van der Waals surface area (Å²) < 4.78 is 21.6. The van der Waals surface area contributed by atoms with E-state index < -0.39 is 10.0 Å². The summed E-state index contributed by atoms with van der Waals surface area (Å²) in [4.78, 5) is 0.0312. The van der Waals surface area contributed by atoms with E-state index in [1.807, 2.05) is 14.8 Å². The number of primary sulfonamides is 1. The number of allylic oxidation sites excluding steroid dienone is 4. The highest BCUT2D eigenvalue weighted by Gasteiger charge is 2.05.